The number of anilines is 2. The van der Waals surface area contributed by atoms with E-state index in [1.165, 1.54) is 5.56 Å². The fraction of sp³-hybridized carbons (Fsp3) is 0.353. The quantitative estimate of drug-likeness (QED) is 0.898. The van der Waals surface area contributed by atoms with Gasteiger partial charge in [-0.1, -0.05) is 38.1 Å². The van der Waals surface area contributed by atoms with Crippen molar-refractivity contribution < 1.29 is 0 Å². The Balaban J connectivity index is 2.16. The van der Waals surface area contributed by atoms with Gasteiger partial charge in [0.05, 0.1) is 0 Å². The van der Waals surface area contributed by atoms with Crippen LogP contribution in [0.2, 0.25) is 0 Å². The van der Waals surface area contributed by atoms with Crippen molar-refractivity contribution in [1.29, 1.82) is 0 Å². The number of rotatable bonds is 5. The van der Waals surface area contributed by atoms with Crippen LogP contribution in [0.5, 0.6) is 0 Å². The molecule has 0 aliphatic carbocycles. The Morgan fingerprint density at radius 3 is 2.40 bits per heavy atom. The smallest absolute Gasteiger partial charge is 0.132 e. The van der Waals surface area contributed by atoms with E-state index in [0.29, 0.717) is 6.04 Å². The zero-order chi connectivity index (χ0) is 14.5. The van der Waals surface area contributed by atoms with Gasteiger partial charge in [0.1, 0.15) is 5.82 Å². The number of para-hydroxylation sites is 1. The van der Waals surface area contributed by atoms with Crippen LogP contribution in [0, 0.1) is 6.92 Å². The van der Waals surface area contributed by atoms with Crippen LogP contribution in [-0.4, -0.2) is 18.1 Å². The molecule has 0 fully saturated rings. The van der Waals surface area contributed by atoms with Gasteiger partial charge in [0.15, 0.2) is 0 Å². The van der Waals surface area contributed by atoms with Gasteiger partial charge in [-0.05, 0) is 30.7 Å². The highest BCUT2D eigenvalue weighted by atomic mass is 15.2. The topological polar surface area (TPSA) is 28.2 Å². The number of hydrogen-bond donors (Lipinski definition) is 1. The van der Waals surface area contributed by atoms with Crippen molar-refractivity contribution in [1.82, 2.24) is 10.3 Å². The molecule has 3 nitrogen and oxygen atoms in total. The fourth-order valence-electron chi connectivity index (χ4n) is 2.05. The molecule has 0 aliphatic heterocycles. The summed E-state index contributed by atoms with van der Waals surface area (Å²) in [6.07, 6.45) is 0. The molecule has 1 aromatic carbocycles. The van der Waals surface area contributed by atoms with Crippen LogP contribution in [-0.2, 0) is 6.54 Å². The molecule has 0 radical (unpaired) electrons. The number of aryl methyl sites for hydroxylation is 1. The number of nitrogens with one attached hydrogen (secondary N) is 1. The summed E-state index contributed by atoms with van der Waals surface area (Å²) < 4.78 is 0. The third kappa shape index (κ3) is 3.58. The average molecular weight is 269 g/mol. The third-order valence-electron chi connectivity index (χ3n) is 3.37. The maximum absolute atomic E-state index is 4.71. The molecule has 2 aromatic rings. The van der Waals surface area contributed by atoms with Gasteiger partial charge in [-0.3, -0.25) is 0 Å². The second kappa shape index (κ2) is 6.53. The molecule has 1 heterocycles. The van der Waals surface area contributed by atoms with E-state index in [0.717, 1.165) is 23.7 Å². The van der Waals surface area contributed by atoms with Crippen molar-refractivity contribution in [3.63, 3.8) is 0 Å². The molecule has 0 spiro atoms. The summed E-state index contributed by atoms with van der Waals surface area (Å²) in [7, 11) is 2.04. The maximum atomic E-state index is 4.71. The molecular formula is C17H23N3. The lowest BCUT2D eigenvalue weighted by Gasteiger charge is -2.20. The normalized spacial score (nSPS) is 10.8. The summed E-state index contributed by atoms with van der Waals surface area (Å²) in [5.74, 6) is 0.974. The molecule has 0 saturated carbocycles. The standard InChI is InChI=1S/C17H23N3/c1-13(2)18-12-15-10-11-17(19-14(15)3)20(4)16-8-6-5-7-9-16/h5-11,13,18H,12H2,1-4H3. The first kappa shape index (κ1) is 14.5. The second-order valence-corrected chi connectivity index (χ2v) is 5.34. The highest BCUT2D eigenvalue weighted by Gasteiger charge is 2.07. The lowest BCUT2D eigenvalue weighted by Crippen LogP contribution is -2.22. The number of pyridine rings is 1. The van der Waals surface area contributed by atoms with Crippen LogP contribution in [0.15, 0.2) is 42.5 Å². The molecular weight excluding hydrogens is 246 g/mol. The van der Waals surface area contributed by atoms with E-state index in [9.17, 15) is 0 Å². The molecule has 0 bridgehead atoms. The molecule has 2 rings (SSSR count). The van der Waals surface area contributed by atoms with Crippen LogP contribution in [0.4, 0.5) is 11.5 Å². The van der Waals surface area contributed by atoms with Crippen LogP contribution in [0.3, 0.4) is 0 Å². The van der Waals surface area contributed by atoms with Crippen molar-refractivity contribution in [3.05, 3.63) is 53.7 Å². The Labute approximate surface area is 121 Å². The van der Waals surface area contributed by atoms with Gasteiger partial charge >= 0.3 is 0 Å². The van der Waals surface area contributed by atoms with Gasteiger partial charge in [-0.25, -0.2) is 4.98 Å². The number of benzene rings is 1. The van der Waals surface area contributed by atoms with Crippen molar-refractivity contribution in [3.8, 4) is 0 Å². The van der Waals surface area contributed by atoms with Gasteiger partial charge in [0, 0.05) is 31.0 Å². The van der Waals surface area contributed by atoms with Crippen LogP contribution in [0.25, 0.3) is 0 Å². The van der Waals surface area contributed by atoms with Gasteiger partial charge in [-0.2, -0.15) is 0 Å². The molecule has 1 aromatic heterocycles. The Bertz CT molecular complexity index is 549. The molecule has 0 atom stereocenters. The number of aromatic nitrogens is 1. The summed E-state index contributed by atoms with van der Waals surface area (Å²) in [5.41, 5.74) is 3.48. The summed E-state index contributed by atoms with van der Waals surface area (Å²) >= 11 is 0. The second-order valence-electron chi connectivity index (χ2n) is 5.34. The third-order valence-corrected chi connectivity index (χ3v) is 3.37. The van der Waals surface area contributed by atoms with Crippen molar-refractivity contribution in [2.75, 3.05) is 11.9 Å². The van der Waals surface area contributed by atoms with Crippen LogP contribution < -0.4 is 10.2 Å². The summed E-state index contributed by atoms with van der Waals surface area (Å²) in [5, 5.41) is 3.43. The Morgan fingerprint density at radius 2 is 1.80 bits per heavy atom. The first-order valence-electron chi connectivity index (χ1n) is 7.06. The minimum atomic E-state index is 0.487. The SMILES string of the molecule is Cc1nc(N(C)c2ccccc2)ccc1CNC(C)C. The van der Waals surface area contributed by atoms with Crippen molar-refractivity contribution in [2.45, 2.75) is 33.4 Å². The Kier molecular flexibility index (Phi) is 4.74. The van der Waals surface area contributed by atoms with E-state index in [1.54, 1.807) is 0 Å². The molecule has 0 amide bonds. The van der Waals surface area contributed by atoms with E-state index in [4.69, 9.17) is 4.98 Å². The molecule has 0 unspecified atom stereocenters. The first-order valence-corrected chi connectivity index (χ1v) is 7.06. The van der Waals surface area contributed by atoms with Crippen LogP contribution in [0.1, 0.15) is 25.1 Å². The molecule has 106 valence electrons. The van der Waals surface area contributed by atoms with E-state index in [2.05, 4.69) is 55.3 Å². The fourth-order valence-corrected chi connectivity index (χ4v) is 2.05. The van der Waals surface area contributed by atoms with Crippen molar-refractivity contribution >= 4 is 11.5 Å². The number of hydrogen-bond acceptors (Lipinski definition) is 3. The largest absolute Gasteiger partial charge is 0.329 e. The predicted molar refractivity (Wildman–Crippen MR) is 85.5 cm³/mol. The van der Waals surface area contributed by atoms with Crippen LogP contribution >= 0.6 is 0 Å². The number of nitrogens with zero attached hydrogens (tertiary/aromatic N) is 2. The average Bonchev–Trinajstić information content (AvgIpc) is 2.46. The molecule has 1 N–H and O–H groups in total. The lowest BCUT2D eigenvalue weighted by atomic mass is 10.2. The first-order chi connectivity index (χ1) is 9.58. The van der Waals surface area contributed by atoms with E-state index < -0.39 is 0 Å². The Morgan fingerprint density at radius 1 is 1.10 bits per heavy atom. The van der Waals surface area contributed by atoms with Gasteiger partial charge in [0.2, 0.25) is 0 Å². The minimum absolute atomic E-state index is 0.487. The molecule has 0 saturated heterocycles. The maximum Gasteiger partial charge on any atom is 0.132 e. The highest BCUT2D eigenvalue weighted by molar-refractivity contribution is 5.59. The van der Waals surface area contributed by atoms with Gasteiger partial charge in [0.25, 0.3) is 0 Å². The van der Waals surface area contributed by atoms with E-state index in [-0.39, 0.29) is 0 Å². The zero-order valence-electron chi connectivity index (χ0n) is 12.7. The summed E-state index contributed by atoms with van der Waals surface area (Å²) in [6.45, 7) is 7.24. The Hall–Kier alpha value is -1.87. The van der Waals surface area contributed by atoms with Gasteiger partial charge < -0.3 is 10.2 Å². The zero-order valence-corrected chi connectivity index (χ0v) is 12.7. The molecule has 0 aliphatic rings. The van der Waals surface area contributed by atoms with E-state index >= 15 is 0 Å². The lowest BCUT2D eigenvalue weighted by molar-refractivity contribution is 0.586. The minimum Gasteiger partial charge on any atom is -0.329 e. The van der Waals surface area contributed by atoms with E-state index in [1.807, 2.05) is 25.2 Å². The molecule has 3 heteroatoms. The summed E-state index contributed by atoms with van der Waals surface area (Å²) in [6, 6.07) is 15.0. The monoisotopic (exact) mass is 269 g/mol. The highest BCUT2D eigenvalue weighted by Crippen LogP contribution is 2.22. The predicted octanol–water partition coefficient (Wildman–Crippen LogP) is 3.66. The molecule has 20 heavy (non-hydrogen) atoms. The summed E-state index contributed by atoms with van der Waals surface area (Å²) in [4.78, 5) is 6.82. The van der Waals surface area contributed by atoms with Gasteiger partial charge in [-0.15, -0.1) is 0 Å². The van der Waals surface area contributed by atoms with Crippen molar-refractivity contribution in [2.24, 2.45) is 0 Å².